The number of thiophene rings is 1. The molecule has 0 saturated carbocycles. The van der Waals surface area contributed by atoms with Gasteiger partial charge in [-0.3, -0.25) is 4.79 Å². The van der Waals surface area contributed by atoms with Crippen LogP contribution in [0.25, 0.3) is 0 Å². The van der Waals surface area contributed by atoms with Crippen LogP contribution >= 0.6 is 11.3 Å². The number of carbonyl (C=O) groups excluding carboxylic acids is 1. The molecule has 1 aliphatic rings. The second-order valence-electron chi connectivity index (χ2n) is 5.59. The summed E-state index contributed by atoms with van der Waals surface area (Å²) >= 11 is 1.17. The molecule has 8 heteroatoms. The Morgan fingerprint density at radius 1 is 1.52 bits per heavy atom. The van der Waals surface area contributed by atoms with Crippen molar-refractivity contribution >= 4 is 27.3 Å². The molecule has 1 aliphatic heterocycles. The first-order valence-corrected chi connectivity index (χ1v) is 9.24. The van der Waals surface area contributed by atoms with Crippen molar-refractivity contribution in [2.45, 2.75) is 37.6 Å². The molecule has 4 N–H and O–H groups in total. The molecule has 2 rings (SSSR count). The van der Waals surface area contributed by atoms with E-state index in [0.29, 0.717) is 28.8 Å². The van der Waals surface area contributed by atoms with Crippen LogP contribution in [0.5, 0.6) is 0 Å². The molecule has 0 bridgehead atoms. The number of likely N-dealkylation sites (tertiary alicyclic amines) is 1. The first-order valence-electron chi connectivity index (χ1n) is 6.88. The minimum atomic E-state index is -3.78. The average Bonchev–Trinajstić information content (AvgIpc) is 2.80. The number of aryl methyl sites for hydroxylation is 1. The summed E-state index contributed by atoms with van der Waals surface area (Å²) in [4.78, 5) is 15.3. The number of nitrogens with zero attached hydrogens (tertiary/aromatic N) is 1. The van der Waals surface area contributed by atoms with Crippen molar-refractivity contribution in [3.8, 4) is 0 Å². The molecule has 6 nitrogen and oxygen atoms in total. The van der Waals surface area contributed by atoms with Crippen molar-refractivity contribution in [2.24, 2.45) is 16.8 Å². The van der Waals surface area contributed by atoms with Crippen molar-refractivity contribution in [1.29, 1.82) is 0 Å². The molecule has 0 aliphatic carbocycles. The monoisotopic (exact) mass is 331 g/mol. The van der Waals surface area contributed by atoms with Gasteiger partial charge in [-0.25, -0.2) is 13.6 Å². The van der Waals surface area contributed by atoms with Crippen molar-refractivity contribution in [3.63, 3.8) is 0 Å². The number of rotatable bonds is 3. The normalized spacial score (nSPS) is 21.3. The zero-order chi connectivity index (χ0) is 15.8. The number of piperidine rings is 1. The molecule has 21 heavy (non-hydrogen) atoms. The minimum absolute atomic E-state index is 0.0385. The van der Waals surface area contributed by atoms with E-state index < -0.39 is 10.0 Å². The van der Waals surface area contributed by atoms with Crippen LogP contribution in [0.4, 0.5) is 0 Å². The van der Waals surface area contributed by atoms with E-state index in [1.165, 1.54) is 17.4 Å². The van der Waals surface area contributed by atoms with Crippen molar-refractivity contribution in [3.05, 3.63) is 15.8 Å². The van der Waals surface area contributed by atoms with Gasteiger partial charge in [-0.05, 0) is 38.7 Å². The van der Waals surface area contributed by atoms with Crippen LogP contribution in [0.2, 0.25) is 0 Å². The minimum Gasteiger partial charge on any atom is -0.338 e. The van der Waals surface area contributed by atoms with Crippen LogP contribution in [-0.4, -0.2) is 38.4 Å². The van der Waals surface area contributed by atoms with Crippen LogP contribution in [0.1, 0.15) is 34.3 Å². The van der Waals surface area contributed by atoms with Gasteiger partial charge in [-0.1, -0.05) is 0 Å². The van der Waals surface area contributed by atoms with Gasteiger partial charge in [0.1, 0.15) is 0 Å². The molecular weight excluding hydrogens is 310 g/mol. The van der Waals surface area contributed by atoms with Gasteiger partial charge >= 0.3 is 0 Å². The van der Waals surface area contributed by atoms with Gasteiger partial charge in [0.25, 0.3) is 5.91 Å². The third-order valence-corrected chi connectivity index (χ3v) is 6.08. The highest BCUT2D eigenvalue weighted by molar-refractivity contribution is 7.89. The van der Waals surface area contributed by atoms with E-state index in [1.54, 1.807) is 11.8 Å². The van der Waals surface area contributed by atoms with Gasteiger partial charge in [0.2, 0.25) is 10.0 Å². The zero-order valence-corrected chi connectivity index (χ0v) is 13.8. The van der Waals surface area contributed by atoms with Crippen LogP contribution in [-0.2, 0) is 10.0 Å². The molecule has 1 fully saturated rings. The summed E-state index contributed by atoms with van der Waals surface area (Å²) in [6.07, 6.45) is 1.94. The predicted molar refractivity (Wildman–Crippen MR) is 82.7 cm³/mol. The van der Waals surface area contributed by atoms with Crippen LogP contribution in [0.3, 0.4) is 0 Å². The SMILES string of the molecule is Cc1sc(C(=O)N2CCCC(C(C)N)C2)cc1S(N)(=O)=O. The van der Waals surface area contributed by atoms with E-state index in [0.717, 1.165) is 12.8 Å². The maximum absolute atomic E-state index is 12.5. The third-order valence-electron chi connectivity index (χ3n) is 3.88. The molecule has 1 amide bonds. The first kappa shape index (κ1) is 16.4. The van der Waals surface area contributed by atoms with E-state index in [-0.39, 0.29) is 16.8 Å². The Hall–Kier alpha value is -0.960. The summed E-state index contributed by atoms with van der Waals surface area (Å²) in [6.45, 7) is 4.91. The van der Waals surface area contributed by atoms with Crippen molar-refractivity contribution < 1.29 is 13.2 Å². The average molecular weight is 331 g/mol. The number of nitrogens with two attached hydrogens (primary N) is 2. The standard InChI is InChI=1S/C13H21N3O3S2/c1-8(14)10-4-3-5-16(7-10)13(17)11-6-12(9(2)20-11)21(15,18)19/h6,8,10H,3-5,7,14H2,1-2H3,(H2,15,18,19). The molecule has 0 spiro atoms. The Morgan fingerprint density at radius 2 is 2.19 bits per heavy atom. The van der Waals surface area contributed by atoms with E-state index in [1.807, 2.05) is 6.92 Å². The summed E-state index contributed by atoms with van der Waals surface area (Å²) < 4.78 is 22.9. The van der Waals surface area contributed by atoms with Crippen molar-refractivity contribution in [2.75, 3.05) is 13.1 Å². The molecule has 0 radical (unpaired) electrons. The molecule has 1 aromatic rings. The fourth-order valence-electron chi connectivity index (χ4n) is 2.63. The number of hydrogen-bond donors (Lipinski definition) is 2. The maximum atomic E-state index is 12.5. The van der Waals surface area contributed by atoms with Gasteiger partial charge < -0.3 is 10.6 Å². The highest BCUT2D eigenvalue weighted by Crippen LogP contribution is 2.28. The molecule has 1 saturated heterocycles. The summed E-state index contributed by atoms with van der Waals surface area (Å²) in [7, 11) is -3.78. The van der Waals surface area contributed by atoms with Gasteiger partial charge in [0, 0.05) is 24.0 Å². The molecule has 2 heterocycles. The Labute approximate surface area is 129 Å². The van der Waals surface area contributed by atoms with Crippen LogP contribution < -0.4 is 10.9 Å². The van der Waals surface area contributed by atoms with Crippen molar-refractivity contribution in [1.82, 2.24) is 4.90 Å². The maximum Gasteiger partial charge on any atom is 0.263 e. The van der Waals surface area contributed by atoms with Gasteiger partial charge in [-0.15, -0.1) is 11.3 Å². The first-order chi connectivity index (χ1) is 9.70. The van der Waals surface area contributed by atoms with Gasteiger partial charge in [-0.2, -0.15) is 0 Å². The van der Waals surface area contributed by atoms with E-state index in [4.69, 9.17) is 10.9 Å². The lowest BCUT2D eigenvalue weighted by atomic mass is 9.92. The summed E-state index contributed by atoms with van der Waals surface area (Å²) in [6, 6.07) is 1.43. The van der Waals surface area contributed by atoms with Crippen LogP contribution in [0, 0.1) is 12.8 Å². The molecular formula is C13H21N3O3S2. The highest BCUT2D eigenvalue weighted by atomic mass is 32.2. The van der Waals surface area contributed by atoms with Gasteiger partial charge in [0.15, 0.2) is 0 Å². The predicted octanol–water partition coefficient (Wildman–Crippen LogP) is 0.903. The summed E-state index contributed by atoms with van der Waals surface area (Å²) in [5.41, 5.74) is 5.92. The molecule has 118 valence electrons. The lowest BCUT2D eigenvalue weighted by molar-refractivity contribution is 0.0665. The quantitative estimate of drug-likeness (QED) is 0.858. The second kappa shape index (κ2) is 6.04. The van der Waals surface area contributed by atoms with E-state index in [9.17, 15) is 13.2 Å². The topological polar surface area (TPSA) is 106 Å². The lowest BCUT2D eigenvalue weighted by Crippen LogP contribution is -2.44. The summed E-state index contributed by atoms with van der Waals surface area (Å²) in [5, 5.41) is 5.15. The molecule has 1 aromatic heterocycles. The summed E-state index contributed by atoms with van der Waals surface area (Å²) in [5.74, 6) is 0.157. The fraction of sp³-hybridized carbons (Fsp3) is 0.615. The van der Waals surface area contributed by atoms with Crippen LogP contribution in [0.15, 0.2) is 11.0 Å². The van der Waals surface area contributed by atoms with Gasteiger partial charge in [0.05, 0.1) is 9.77 Å². The number of primary sulfonamides is 1. The molecule has 0 aromatic carbocycles. The van der Waals surface area contributed by atoms with E-state index >= 15 is 0 Å². The third kappa shape index (κ3) is 3.63. The Morgan fingerprint density at radius 3 is 2.71 bits per heavy atom. The largest absolute Gasteiger partial charge is 0.338 e. The highest BCUT2D eigenvalue weighted by Gasteiger charge is 2.28. The lowest BCUT2D eigenvalue weighted by Gasteiger charge is -2.34. The number of amides is 1. The molecule has 2 atom stereocenters. The number of carbonyl (C=O) groups is 1. The Bertz CT molecular complexity index is 637. The number of sulfonamides is 1. The second-order valence-corrected chi connectivity index (χ2v) is 8.37. The number of hydrogen-bond acceptors (Lipinski definition) is 5. The molecule has 2 unspecified atom stereocenters. The fourth-order valence-corrected chi connectivity index (χ4v) is 4.75. The zero-order valence-electron chi connectivity index (χ0n) is 12.2. The smallest absolute Gasteiger partial charge is 0.263 e. The van der Waals surface area contributed by atoms with E-state index in [2.05, 4.69) is 0 Å². The Balaban J connectivity index is 2.21. The Kier molecular flexibility index (Phi) is 4.72.